The average Bonchev–Trinajstić information content (AvgIpc) is 3.07. The van der Waals surface area contributed by atoms with Crippen molar-refractivity contribution in [2.24, 2.45) is 0 Å². The fraction of sp³-hybridized carbons (Fsp3) is 0.278. The summed E-state index contributed by atoms with van der Waals surface area (Å²) in [4.78, 5) is 21.2. The van der Waals surface area contributed by atoms with Crippen LogP contribution in [-0.4, -0.2) is 40.7 Å². The molecule has 0 saturated heterocycles. The molecule has 0 bridgehead atoms. The molecule has 0 aliphatic carbocycles. The molecule has 8 heteroatoms. The number of hydrogen-bond donors (Lipinski definition) is 2. The van der Waals surface area contributed by atoms with Crippen LogP contribution in [0.3, 0.4) is 0 Å². The number of ether oxygens (including phenoxy) is 1. The molecule has 2 aromatic heterocycles. The van der Waals surface area contributed by atoms with Crippen LogP contribution in [0, 0.1) is 0 Å². The van der Waals surface area contributed by atoms with E-state index in [2.05, 4.69) is 15.3 Å². The monoisotopic (exact) mass is 389 g/mol. The molecule has 1 unspecified atom stereocenters. The lowest BCUT2D eigenvalue weighted by atomic mass is 10.2. The molecule has 6 nitrogen and oxygen atoms in total. The van der Waals surface area contributed by atoms with Crippen molar-refractivity contribution in [1.29, 1.82) is 0 Å². The van der Waals surface area contributed by atoms with E-state index < -0.39 is 5.25 Å². The Balaban J connectivity index is 1.86. The van der Waals surface area contributed by atoms with E-state index in [1.807, 2.05) is 37.3 Å². The highest BCUT2D eigenvalue weighted by atomic mass is 32.2. The second-order valence-electron chi connectivity index (χ2n) is 5.34. The van der Waals surface area contributed by atoms with E-state index >= 15 is 0 Å². The van der Waals surface area contributed by atoms with Gasteiger partial charge < -0.3 is 15.2 Å². The van der Waals surface area contributed by atoms with Crippen molar-refractivity contribution in [1.82, 2.24) is 15.3 Å². The first-order chi connectivity index (χ1) is 12.7. The summed E-state index contributed by atoms with van der Waals surface area (Å²) >= 11 is 2.92. The SMILES string of the molecule is CCOc1ccc2nc(SC(C(=O)NCCO)c3ccncc3)sc2c1. The number of thiazole rings is 1. The van der Waals surface area contributed by atoms with Gasteiger partial charge in [-0.15, -0.1) is 11.3 Å². The number of nitrogens with one attached hydrogen (secondary N) is 1. The zero-order valence-electron chi connectivity index (χ0n) is 14.2. The van der Waals surface area contributed by atoms with Crippen molar-refractivity contribution in [2.75, 3.05) is 19.8 Å². The van der Waals surface area contributed by atoms with E-state index in [9.17, 15) is 4.79 Å². The van der Waals surface area contributed by atoms with Crippen LogP contribution in [0.2, 0.25) is 0 Å². The number of fused-ring (bicyclic) bond motifs is 1. The molecule has 2 heterocycles. The van der Waals surface area contributed by atoms with Crippen molar-refractivity contribution >= 4 is 39.2 Å². The van der Waals surface area contributed by atoms with Gasteiger partial charge in [0.05, 0.1) is 23.4 Å². The first kappa shape index (κ1) is 18.6. The minimum atomic E-state index is -0.462. The Kier molecular flexibility index (Phi) is 6.43. The van der Waals surface area contributed by atoms with Gasteiger partial charge in [-0.2, -0.15) is 0 Å². The van der Waals surface area contributed by atoms with Gasteiger partial charge in [0.25, 0.3) is 0 Å². The molecule has 1 aromatic carbocycles. The number of hydrogen-bond acceptors (Lipinski definition) is 7. The molecule has 0 aliphatic rings. The van der Waals surface area contributed by atoms with Crippen LogP contribution in [0.5, 0.6) is 5.75 Å². The molecular formula is C18H19N3O3S2. The normalized spacial score (nSPS) is 12.1. The van der Waals surface area contributed by atoms with Gasteiger partial charge in [-0.1, -0.05) is 11.8 Å². The summed E-state index contributed by atoms with van der Waals surface area (Å²) in [5.74, 6) is 0.649. The lowest BCUT2D eigenvalue weighted by Crippen LogP contribution is -2.30. The third kappa shape index (κ3) is 4.51. The van der Waals surface area contributed by atoms with Gasteiger partial charge in [-0.05, 0) is 42.8 Å². The lowest BCUT2D eigenvalue weighted by Gasteiger charge is -2.15. The smallest absolute Gasteiger partial charge is 0.238 e. The van der Waals surface area contributed by atoms with Crippen LogP contribution >= 0.6 is 23.1 Å². The molecule has 2 N–H and O–H groups in total. The zero-order valence-corrected chi connectivity index (χ0v) is 15.8. The van der Waals surface area contributed by atoms with Crippen molar-refractivity contribution in [3.63, 3.8) is 0 Å². The summed E-state index contributed by atoms with van der Waals surface area (Å²) in [5.41, 5.74) is 1.72. The van der Waals surface area contributed by atoms with Crippen LogP contribution in [0.25, 0.3) is 10.2 Å². The molecule has 0 radical (unpaired) electrons. The summed E-state index contributed by atoms with van der Waals surface area (Å²) in [6, 6.07) is 9.42. The summed E-state index contributed by atoms with van der Waals surface area (Å²) in [6.45, 7) is 2.68. The van der Waals surface area contributed by atoms with Gasteiger partial charge in [0.15, 0.2) is 4.34 Å². The third-order valence-corrected chi connectivity index (χ3v) is 5.89. The molecule has 0 fully saturated rings. The standard InChI is InChI=1S/C18H19N3O3S2/c1-2-24-13-3-4-14-15(11-13)25-18(21-14)26-16(17(23)20-9-10-22)12-5-7-19-8-6-12/h3-8,11,16,22H,2,9-10H2,1H3,(H,20,23). The van der Waals surface area contributed by atoms with E-state index in [1.165, 1.54) is 23.1 Å². The molecule has 3 rings (SSSR count). The van der Waals surface area contributed by atoms with E-state index in [0.29, 0.717) is 6.61 Å². The van der Waals surface area contributed by atoms with Crippen LogP contribution < -0.4 is 10.1 Å². The highest BCUT2D eigenvalue weighted by Gasteiger charge is 2.23. The zero-order chi connectivity index (χ0) is 18.4. The number of carbonyl (C=O) groups is 1. The summed E-state index contributed by atoms with van der Waals surface area (Å²) in [6.07, 6.45) is 3.32. The van der Waals surface area contributed by atoms with Crippen molar-refractivity contribution in [3.05, 3.63) is 48.3 Å². The Bertz CT molecular complexity index is 871. The Morgan fingerprint density at radius 2 is 2.15 bits per heavy atom. The number of aliphatic hydroxyl groups is 1. The number of thioether (sulfide) groups is 1. The van der Waals surface area contributed by atoms with Gasteiger partial charge in [-0.25, -0.2) is 4.98 Å². The summed E-state index contributed by atoms with van der Waals surface area (Å²) in [5, 5.41) is 11.2. The van der Waals surface area contributed by atoms with Gasteiger partial charge in [0.2, 0.25) is 5.91 Å². The Hall–Kier alpha value is -2.16. The van der Waals surface area contributed by atoms with Crippen LogP contribution in [0.1, 0.15) is 17.7 Å². The summed E-state index contributed by atoms with van der Waals surface area (Å²) < 4.78 is 7.35. The highest BCUT2D eigenvalue weighted by molar-refractivity contribution is 8.02. The fourth-order valence-electron chi connectivity index (χ4n) is 2.37. The van der Waals surface area contributed by atoms with Crippen LogP contribution in [0.4, 0.5) is 0 Å². The fourth-order valence-corrected chi connectivity index (χ4v) is 4.69. The molecule has 136 valence electrons. The molecule has 26 heavy (non-hydrogen) atoms. The van der Waals surface area contributed by atoms with Crippen molar-refractivity contribution < 1.29 is 14.6 Å². The Morgan fingerprint density at radius 1 is 1.35 bits per heavy atom. The predicted molar refractivity (Wildman–Crippen MR) is 104 cm³/mol. The molecule has 0 saturated carbocycles. The second-order valence-corrected chi connectivity index (χ2v) is 7.72. The number of pyridine rings is 1. The second kappa shape index (κ2) is 8.98. The maximum atomic E-state index is 12.6. The number of rotatable bonds is 8. The Morgan fingerprint density at radius 3 is 2.88 bits per heavy atom. The quantitative estimate of drug-likeness (QED) is 0.576. The molecular weight excluding hydrogens is 370 g/mol. The lowest BCUT2D eigenvalue weighted by molar-refractivity contribution is -0.120. The topological polar surface area (TPSA) is 84.3 Å². The van der Waals surface area contributed by atoms with Gasteiger partial charge in [0.1, 0.15) is 11.0 Å². The van der Waals surface area contributed by atoms with E-state index in [0.717, 1.165) is 25.9 Å². The van der Waals surface area contributed by atoms with Crippen molar-refractivity contribution in [3.8, 4) is 5.75 Å². The predicted octanol–water partition coefficient (Wildman–Crippen LogP) is 3.03. The molecule has 1 amide bonds. The largest absolute Gasteiger partial charge is 0.494 e. The highest BCUT2D eigenvalue weighted by Crippen LogP contribution is 2.40. The number of aromatic nitrogens is 2. The first-order valence-electron chi connectivity index (χ1n) is 8.19. The maximum Gasteiger partial charge on any atom is 0.238 e. The molecule has 1 atom stereocenters. The average molecular weight is 390 g/mol. The molecule has 3 aromatic rings. The summed E-state index contributed by atoms with van der Waals surface area (Å²) in [7, 11) is 0. The Labute approximate surface area is 159 Å². The number of benzene rings is 1. The van der Waals surface area contributed by atoms with Crippen molar-refractivity contribution in [2.45, 2.75) is 16.5 Å². The van der Waals surface area contributed by atoms with E-state index in [1.54, 1.807) is 12.4 Å². The number of carbonyl (C=O) groups excluding carboxylic acids is 1. The minimum absolute atomic E-state index is 0.0964. The van der Waals surface area contributed by atoms with Gasteiger partial charge in [-0.3, -0.25) is 9.78 Å². The van der Waals surface area contributed by atoms with Crippen LogP contribution in [0.15, 0.2) is 47.1 Å². The third-order valence-electron chi connectivity index (χ3n) is 3.53. The number of nitrogens with zero attached hydrogens (tertiary/aromatic N) is 2. The number of amides is 1. The molecule has 0 spiro atoms. The van der Waals surface area contributed by atoms with Gasteiger partial charge in [0, 0.05) is 18.9 Å². The van der Waals surface area contributed by atoms with Gasteiger partial charge >= 0.3 is 0 Å². The minimum Gasteiger partial charge on any atom is -0.494 e. The first-order valence-corrected chi connectivity index (χ1v) is 9.89. The molecule has 0 aliphatic heterocycles. The van der Waals surface area contributed by atoms with E-state index in [4.69, 9.17) is 9.84 Å². The number of aliphatic hydroxyl groups excluding tert-OH is 1. The van der Waals surface area contributed by atoms with E-state index in [-0.39, 0.29) is 19.1 Å². The maximum absolute atomic E-state index is 12.6. The van der Waals surface area contributed by atoms with Crippen LogP contribution in [-0.2, 0) is 4.79 Å².